The number of para-hydroxylation sites is 3. The van der Waals surface area contributed by atoms with Crippen molar-refractivity contribution in [3.05, 3.63) is 133 Å². The van der Waals surface area contributed by atoms with Crippen molar-refractivity contribution in [1.29, 1.82) is 0 Å². The molecule has 3 aromatic heterocycles. The maximum absolute atomic E-state index is 13.7. The van der Waals surface area contributed by atoms with Crippen LogP contribution in [0.2, 0.25) is 0 Å². The summed E-state index contributed by atoms with van der Waals surface area (Å²) in [6, 6.07) is 35.7. The van der Waals surface area contributed by atoms with Gasteiger partial charge >= 0.3 is 0 Å². The molecule has 7 aromatic rings. The molecule has 0 N–H and O–H groups in total. The van der Waals surface area contributed by atoms with E-state index in [0.717, 1.165) is 44.3 Å². The molecule has 0 saturated carbocycles. The highest BCUT2D eigenvalue weighted by Crippen LogP contribution is 2.32. The lowest BCUT2D eigenvalue weighted by atomic mass is 10.0. The smallest absolute Gasteiger partial charge is 0.193 e. The second-order valence-electron chi connectivity index (χ2n) is 8.76. The van der Waals surface area contributed by atoms with E-state index in [9.17, 15) is 4.79 Å². The number of ketones is 1. The van der Waals surface area contributed by atoms with Crippen molar-refractivity contribution < 1.29 is 4.79 Å². The molecule has 0 amide bonds. The number of carbonyl (C=O) groups is 1. The SMILES string of the molecule is O=C(c1cccc(-n2cnc3ccccc32)c1)c1ccc2c3ccccc3n(-c3ccccn3)c2c1. The van der Waals surface area contributed by atoms with E-state index < -0.39 is 0 Å². The third-order valence-electron chi connectivity index (χ3n) is 6.65. The van der Waals surface area contributed by atoms with Gasteiger partial charge < -0.3 is 0 Å². The number of pyridine rings is 1. The molecule has 0 radical (unpaired) electrons. The average Bonchev–Trinajstić information content (AvgIpc) is 3.52. The van der Waals surface area contributed by atoms with E-state index in [2.05, 4.69) is 26.7 Å². The largest absolute Gasteiger partial charge is 0.299 e. The fourth-order valence-corrected chi connectivity index (χ4v) is 4.97. The van der Waals surface area contributed by atoms with Crippen LogP contribution in [0.25, 0.3) is 44.3 Å². The van der Waals surface area contributed by atoms with Gasteiger partial charge in [0.25, 0.3) is 0 Å². The van der Waals surface area contributed by atoms with Crippen molar-refractivity contribution in [2.75, 3.05) is 0 Å². The monoisotopic (exact) mass is 464 g/mol. The number of carbonyl (C=O) groups excluding carboxylic acids is 1. The van der Waals surface area contributed by atoms with Gasteiger partial charge in [-0.2, -0.15) is 0 Å². The number of imidazole rings is 1. The third-order valence-corrected chi connectivity index (χ3v) is 6.65. The lowest BCUT2D eigenvalue weighted by Crippen LogP contribution is -2.04. The second-order valence-corrected chi connectivity index (χ2v) is 8.76. The Labute approximate surface area is 206 Å². The molecule has 0 saturated heterocycles. The number of aromatic nitrogens is 4. The zero-order valence-corrected chi connectivity index (χ0v) is 19.2. The summed E-state index contributed by atoms with van der Waals surface area (Å²) in [5.74, 6) is 0.795. The molecule has 0 unspecified atom stereocenters. The first-order valence-electron chi connectivity index (χ1n) is 11.8. The molecule has 36 heavy (non-hydrogen) atoms. The van der Waals surface area contributed by atoms with E-state index in [0.29, 0.717) is 11.1 Å². The molecular formula is C31H20N4O. The minimum absolute atomic E-state index is 0.0269. The number of hydrogen-bond acceptors (Lipinski definition) is 3. The molecule has 5 nitrogen and oxygen atoms in total. The van der Waals surface area contributed by atoms with Gasteiger partial charge in [0.2, 0.25) is 0 Å². The summed E-state index contributed by atoms with van der Waals surface area (Å²) in [6.45, 7) is 0. The molecule has 3 heterocycles. The van der Waals surface area contributed by atoms with Crippen molar-refractivity contribution in [3.8, 4) is 11.5 Å². The summed E-state index contributed by atoms with van der Waals surface area (Å²) in [6.07, 6.45) is 3.59. The molecule has 7 rings (SSSR count). The van der Waals surface area contributed by atoms with Crippen LogP contribution in [-0.4, -0.2) is 24.9 Å². The first kappa shape index (κ1) is 20.4. The first-order valence-corrected chi connectivity index (χ1v) is 11.8. The maximum atomic E-state index is 13.7. The van der Waals surface area contributed by atoms with Gasteiger partial charge in [-0.15, -0.1) is 0 Å². The van der Waals surface area contributed by atoms with E-state index in [1.165, 1.54) is 0 Å². The number of hydrogen-bond donors (Lipinski definition) is 0. The minimum Gasteiger partial charge on any atom is -0.299 e. The van der Waals surface area contributed by atoms with Gasteiger partial charge in [0.1, 0.15) is 12.1 Å². The van der Waals surface area contributed by atoms with E-state index in [1.807, 2.05) is 102 Å². The van der Waals surface area contributed by atoms with Crippen molar-refractivity contribution >= 4 is 38.6 Å². The number of nitrogens with zero attached hydrogens (tertiary/aromatic N) is 4. The zero-order valence-electron chi connectivity index (χ0n) is 19.2. The molecular weight excluding hydrogens is 444 g/mol. The van der Waals surface area contributed by atoms with Crippen LogP contribution < -0.4 is 0 Å². The van der Waals surface area contributed by atoms with Gasteiger partial charge in [-0.05, 0) is 48.5 Å². The van der Waals surface area contributed by atoms with Crippen LogP contribution in [0.15, 0.2) is 122 Å². The number of benzene rings is 4. The normalized spacial score (nSPS) is 11.4. The number of fused-ring (bicyclic) bond motifs is 4. The molecule has 0 aliphatic carbocycles. The Morgan fingerprint density at radius 2 is 1.39 bits per heavy atom. The molecule has 0 atom stereocenters. The van der Waals surface area contributed by atoms with Crippen LogP contribution in [0.1, 0.15) is 15.9 Å². The molecule has 0 aliphatic heterocycles. The number of rotatable bonds is 4. The summed E-state index contributed by atoms with van der Waals surface area (Å²) >= 11 is 0. The van der Waals surface area contributed by atoms with E-state index >= 15 is 0 Å². The molecule has 170 valence electrons. The highest BCUT2D eigenvalue weighted by atomic mass is 16.1. The predicted molar refractivity (Wildman–Crippen MR) is 143 cm³/mol. The van der Waals surface area contributed by atoms with Gasteiger partial charge in [0.15, 0.2) is 5.78 Å². The predicted octanol–water partition coefficient (Wildman–Crippen LogP) is 6.75. The highest BCUT2D eigenvalue weighted by Gasteiger charge is 2.17. The zero-order chi connectivity index (χ0) is 24.1. The van der Waals surface area contributed by atoms with Crippen molar-refractivity contribution in [2.24, 2.45) is 0 Å². The Morgan fingerprint density at radius 3 is 2.28 bits per heavy atom. The van der Waals surface area contributed by atoms with Gasteiger partial charge in [-0.3, -0.25) is 13.9 Å². The molecule has 0 spiro atoms. The summed E-state index contributed by atoms with van der Waals surface area (Å²) in [5.41, 5.74) is 6.10. The van der Waals surface area contributed by atoms with Crippen molar-refractivity contribution in [1.82, 2.24) is 19.1 Å². The van der Waals surface area contributed by atoms with Gasteiger partial charge in [0, 0.05) is 33.8 Å². The fraction of sp³-hybridized carbons (Fsp3) is 0. The molecule has 0 aliphatic rings. The van der Waals surface area contributed by atoms with E-state index in [1.54, 1.807) is 12.5 Å². The Hall–Kier alpha value is -5.03. The highest BCUT2D eigenvalue weighted by molar-refractivity contribution is 6.14. The second kappa shape index (κ2) is 8.03. The third kappa shape index (κ3) is 3.14. The Morgan fingerprint density at radius 1 is 0.611 bits per heavy atom. The summed E-state index contributed by atoms with van der Waals surface area (Å²) in [5, 5.41) is 2.22. The molecule has 5 heteroatoms. The van der Waals surface area contributed by atoms with Crippen LogP contribution in [-0.2, 0) is 0 Å². The summed E-state index contributed by atoms with van der Waals surface area (Å²) in [7, 11) is 0. The molecule has 4 aromatic carbocycles. The summed E-state index contributed by atoms with van der Waals surface area (Å²) in [4.78, 5) is 22.8. The van der Waals surface area contributed by atoms with E-state index in [-0.39, 0.29) is 5.78 Å². The van der Waals surface area contributed by atoms with Crippen LogP contribution in [0.5, 0.6) is 0 Å². The Kier molecular flexibility index (Phi) is 4.54. The van der Waals surface area contributed by atoms with E-state index in [4.69, 9.17) is 0 Å². The van der Waals surface area contributed by atoms with Crippen LogP contribution >= 0.6 is 0 Å². The standard InChI is InChI=1S/C31H20N4O/c36-31(21-8-7-9-23(18-21)34-20-33-26-11-2-4-13-28(26)34)22-15-16-25-24-10-1-3-12-27(24)35(29(25)19-22)30-14-5-6-17-32-30/h1-20H. The van der Waals surface area contributed by atoms with Crippen LogP contribution in [0.4, 0.5) is 0 Å². The topological polar surface area (TPSA) is 52.7 Å². The first-order chi connectivity index (χ1) is 17.8. The minimum atomic E-state index is -0.0269. The average molecular weight is 465 g/mol. The van der Waals surface area contributed by atoms with Crippen molar-refractivity contribution in [2.45, 2.75) is 0 Å². The van der Waals surface area contributed by atoms with Crippen LogP contribution in [0, 0.1) is 0 Å². The molecule has 0 fully saturated rings. The van der Waals surface area contributed by atoms with Gasteiger partial charge in [-0.1, -0.05) is 60.7 Å². The Bertz CT molecular complexity index is 1910. The van der Waals surface area contributed by atoms with Crippen LogP contribution in [0.3, 0.4) is 0 Å². The van der Waals surface area contributed by atoms with Gasteiger partial charge in [-0.25, -0.2) is 9.97 Å². The maximum Gasteiger partial charge on any atom is 0.193 e. The lowest BCUT2D eigenvalue weighted by Gasteiger charge is -2.09. The lowest BCUT2D eigenvalue weighted by molar-refractivity contribution is 0.103. The summed E-state index contributed by atoms with van der Waals surface area (Å²) < 4.78 is 4.13. The Balaban J connectivity index is 1.37. The fourth-order valence-electron chi connectivity index (χ4n) is 4.97. The molecule has 0 bridgehead atoms. The van der Waals surface area contributed by atoms with Crippen molar-refractivity contribution in [3.63, 3.8) is 0 Å². The van der Waals surface area contributed by atoms with Gasteiger partial charge in [0.05, 0.1) is 22.1 Å². The quantitative estimate of drug-likeness (QED) is 0.271.